The smallest absolute Gasteiger partial charge is 0.335 e. The molecule has 0 heterocycles. The normalized spacial score (nSPS) is 11.9. The fourth-order valence-corrected chi connectivity index (χ4v) is 5.98. The highest BCUT2D eigenvalue weighted by molar-refractivity contribution is 7.91. The Kier molecular flexibility index (Phi) is 11.2. The lowest BCUT2D eigenvalue weighted by molar-refractivity contribution is 0.0697. The summed E-state index contributed by atoms with van der Waals surface area (Å²) in [7, 11) is -3.24. The van der Waals surface area contributed by atoms with E-state index in [1.807, 2.05) is 36.4 Å². The second kappa shape index (κ2) is 14.3. The summed E-state index contributed by atoms with van der Waals surface area (Å²) >= 11 is 0. The third kappa shape index (κ3) is 9.24. The molecule has 6 heteroatoms. The number of aryl methyl sites for hydroxylation is 2. The van der Waals surface area contributed by atoms with Gasteiger partial charge in [0, 0.05) is 12.2 Å². The fourth-order valence-electron chi connectivity index (χ4n) is 4.61. The summed E-state index contributed by atoms with van der Waals surface area (Å²) in [6.45, 7) is 7.38. The van der Waals surface area contributed by atoms with Crippen LogP contribution in [0.2, 0.25) is 0 Å². The molecule has 0 fully saturated rings. The quantitative estimate of drug-likeness (QED) is 0.179. The van der Waals surface area contributed by atoms with E-state index in [1.165, 1.54) is 11.1 Å². The van der Waals surface area contributed by atoms with Crippen LogP contribution in [-0.4, -0.2) is 31.8 Å². The lowest BCUT2D eigenvalue weighted by atomic mass is 9.82. The summed E-state index contributed by atoms with van der Waals surface area (Å²) in [6, 6.07) is 22.8. The summed E-state index contributed by atoms with van der Waals surface area (Å²) in [4.78, 5) is 11.5. The molecule has 0 aliphatic carbocycles. The first kappa shape index (κ1) is 30.4. The average molecular weight is 550 g/mol. The van der Waals surface area contributed by atoms with Crippen LogP contribution < -0.4 is 5.32 Å². The third-order valence-corrected chi connectivity index (χ3v) is 9.50. The van der Waals surface area contributed by atoms with Gasteiger partial charge in [-0.15, -0.1) is 0 Å². The van der Waals surface area contributed by atoms with E-state index in [0.29, 0.717) is 16.9 Å². The second-order valence-electron chi connectivity index (χ2n) is 10.9. The van der Waals surface area contributed by atoms with Crippen molar-refractivity contribution in [2.45, 2.75) is 82.4 Å². The van der Waals surface area contributed by atoms with Gasteiger partial charge in [0.15, 0.2) is 9.84 Å². The van der Waals surface area contributed by atoms with Crippen molar-refractivity contribution in [1.29, 1.82) is 0 Å². The van der Waals surface area contributed by atoms with E-state index >= 15 is 0 Å². The van der Waals surface area contributed by atoms with Crippen molar-refractivity contribution in [3.63, 3.8) is 0 Å². The van der Waals surface area contributed by atoms with Crippen LogP contribution in [0.3, 0.4) is 0 Å². The van der Waals surface area contributed by atoms with Gasteiger partial charge in [-0.1, -0.05) is 82.5 Å². The summed E-state index contributed by atoms with van der Waals surface area (Å²) in [6.07, 6.45) is 7.46. The van der Waals surface area contributed by atoms with Crippen LogP contribution in [0, 0.1) is 0 Å². The number of hydrogen-bond donors (Lipinski definition) is 2. The molecule has 0 aliphatic rings. The molecule has 0 amide bonds. The van der Waals surface area contributed by atoms with Gasteiger partial charge in [-0.2, -0.15) is 0 Å². The van der Waals surface area contributed by atoms with Crippen LogP contribution >= 0.6 is 0 Å². The molecular weight excluding hydrogens is 506 g/mol. The topological polar surface area (TPSA) is 83.5 Å². The van der Waals surface area contributed by atoms with Crippen LogP contribution in [-0.2, 0) is 28.1 Å². The van der Waals surface area contributed by atoms with Crippen molar-refractivity contribution in [3.05, 3.63) is 95.1 Å². The van der Waals surface area contributed by atoms with Gasteiger partial charge in [0.2, 0.25) is 0 Å². The maximum Gasteiger partial charge on any atom is 0.335 e. The number of benzene rings is 3. The van der Waals surface area contributed by atoms with Gasteiger partial charge in [-0.25, -0.2) is 13.2 Å². The van der Waals surface area contributed by atoms with E-state index in [2.05, 4.69) is 38.2 Å². The first-order chi connectivity index (χ1) is 18.6. The molecule has 0 unspecified atom stereocenters. The Labute approximate surface area is 234 Å². The van der Waals surface area contributed by atoms with Gasteiger partial charge in [0.1, 0.15) is 0 Å². The number of carboxylic acids is 1. The minimum Gasteiger partial charge on any atom is -0.478 e. The molecule has 3 rings (SSSR count). The molecule has 5 nitrogen and oxygen atoms in total. The molecule has 0 saturated carbocycles. The Balaban J connectivity index is 1.35. The third-order valence-electron chi connectivity index (χ3n) is 7.69. The Bertz CT molecular complexity index is 1300. The van der Waals surface area contributed by atoms with E-state index in [0.717, 1.165) is 62.7 Å². The van der Waals surface area contributed by atoms with E-state index in [4.69, 9.17) is 5.11 Å². The van der Waals surface area contributed by atoms with E-state index in [9.17, 15) is 13.2 Å². The monoisotopic (exact) mass is 549 g/mol. The molecular formula is C33H43NO4S. The van der Waals surface area contributed by atoms with Crippen molar-refractivity contribution in [2.24, 2.45) is 0 Å². The molecule has 0 aromatic heterocycles. The summed E-state index contributed by atoms with van der Waals surface area (Å²) in [5, 5.41) is 12.6. The largest absolute Gasteiger partial charge is 0.478 e. The Morgan fingerprint density at radius 3 is 2.13 bits per heavy atom. The van der Waals surface area contributed by atoms with Gasteiger partial charge in [-0.3, -0.25) is 0 Å². The standard InChI is InChI=1S/C33H43NO4S/c1-4-33(2,3)29-20-22-30(23-21-29)39(37,38)25-11-7-5-6-10-24-34-31-13-9-8-12-27(31)17-14-26-15-18-28(19-16-26)32(35)36/h8-9,12-13,15-16,18-23,34H,4-7,10-11,14,17,24-25H2,1-3H3,(H,35,36). The summed E-state index contributed by atoms with van der Waals surface area (Å²) in [5.41, 5.74) is 5.04. The molecule has 3 aromatic carbocycles. The molecule has 0 atom stereocenters. The Hall–Kier alpha value is -3.12. The van der Waals surface area contributed by atoms with Gasteiger partial charge in [0.25, 0.3) is 0 Å². The molecule has 2 N–H and O–H groups in total. The zero-order valence-corrected chi connectivity index (χ0v) is 24.4. The van der Waals surface area contributed by atoms with Crippen molar-refractivity contribution in [3.8, 4) is 0 Å². The van der Waals surface area contributed by atoms with Gasteiger partial charge in [0.05, 0.1) is 16.2 Å². The predicted molar refractivity (Wildman–Crippen MR) is 161 cm³/mol. The maximum atomic E-state index is 12.7. The molecule has 39 heavy (non-hydrogen) atoms. The lowest BCUT2D eigenvalue weighted by Gasteiger charge is -2.23. The van der Waals surface area contributed by atoms with E-state index < -0.39 is 15.8 Å². The number of nitrogens with one attached hydrogen (secondary N) is 1. The number of carboxylic acid groups (broad SMARTS) is 1. The molecule has 0 spiro atoms. The molecule has 0 radical (unpaired) electrons. The van der Waals surface area contributed by atoms with Crippen molar-refractivity contribution in [2.75, 3.05) is 17.6 Å². The van der Waals surface area contributed by atoms with Crippen LogP contribution in [0.25, 0.3) is 0 Å². The summed E-state index contributed by atoms with van der Waals surface area (Å²) < 4.78 is 25.5. The highest BCUT2D eigenvalue weighted by Gasteiger charge is 2.20. The lowest BCUT2D eigenvalue weighted by Crippen LogP contribution is -2.15. The number of anilines is 1. The fraction of sp³-hybridized carbons (Fsp3) is 0.424. The highest BCUT2D eigenvalue weighted by Crippen LogP contribution is 2.28. The summed E-state index contributed by atoms with van der Waals surface area (Å²) in [5.74, 6) is -0.702. The number of para-hydroxylation sites is 1. The van der Waals surface area contributed by atoms with Crippen molar-refractivity contribution >= 4 is 21.5 Å². The first-order valence-corrected chi connectivity index (χ1v) is 15.7. The zero-order valence-electron chi connectivity index (χ0n) is 23.6. The molecule has 0 saturated heterocycles. The Morgan fingerprint density at radius 2 is 1.46 bits per heavy atom. The molecule has 3 aromatic rings. The van der Waals surface area contributed by atoms with Crippen LogP contribution in [0.15, 0.2) is 77.7 Å². The number of unbranched alkanes of at least 4 members (excludes halogenated alkanes) is 4. The second-order valence-corrected chi connectivity index (χ2v) is 13.0. The number of sulfone groups is 1. The number of aromatic carboxylic acids is 1. The maximum absolute atomic E-state index is 12.7. The van der Waals surface area contributed by atoms with Crippen LogP contribution in [0.5, 0.6) is 0 Å². The first-order valence-electron chi connectivity index (χ1n) is 14.1. The molecule has 0 bridgehead atoms. The predicted octanol–water partition coefficient (Wildman–Crippen LogP) is 7.69. The zero-order chi connectivity index (χ0) is 28.3. The average Bonchev–Trinajstić information content (AvgIpc) is 2.94. The SMILES string of the molecule is CCC(C)(C)c1ccc(S(=O)(=O)CCCCCCCNc2ccccc2CCc2ccc(C(=O)O)cc2)cc1. The van der Waals surface area contributed by atoms with Gasteiger partial charge < -0.3 is 10.4 Å². The number of hydrogen-bond acceptors (Lipinski definition) is 4. The van der Waals surface area contributed by atoms with Gasteiger partial charge in [-0.05, 0) is 84.5 Å². The highest BCUT2D eigenvalue weighted by atomic mass is 32.2. The molecule has 0 aliphatic heterocycles. The van der Waals surface area contributed by atoms with Crippen molar-refractivity contribution < 1.29 is 18.3 Å². The Morgan fingerprint density at radius 1 is 0.821 bits per heavy atom. The van der Waals surface area contributed by atoms with Gasteiger partial charge >= 0.3 is 5.97 Å². The number of carbonyl (C=O) groups is 1. The number of rotatable bonds is 16. The van der Waals surface area contributed by atoms with Crippen LogP contribution in [0.4, 0.5) is 5.69 Å². The van der Waals surface area contributed by atoms with E-state index in [1.54, 1.807) is 24.3 Å². The minimum absolute atomic E-state index is 0.0525. The van der Waals surface area contributed by atoms with Crippen molar-refractivity contribution in [1.82, 2.24) is 0 Å². The van der Waals surface area contributed by atoms with E-state index in [-0.39, 0.29) is 11.2 Å². The van der Waals surface area contributed by atoms with Crippen LogP contribution in [0.1, 0.15) is 86.3 Å². The minimum atomic E-state index is -3.24. The molecule has 210 valence electrons.